The minimum Gasteiger partial charge on any atom is -0.330 e. The number of hydrogen-bond acceptors (Lipinski definition) is 4. The van der Waals surface area contributed by atoms with Crippen molar-refractivity contribution in [1.29, 1.82) is 0 Å². The zero-order valence-corrected chi connectivity index (χ0v) is 14.5. The smallest absolute Gasteiger partial charge is 0.258 e. The lowest BCUT2D eigenvalue weighted by atomic mass is 10.2. The largest absolute Gasteiger partial charge is 0.330 e. The minimum absolute atomic E-state index is 0.0409. The average molecular weight is 341 g/mol. The molecule has 124 valence electrons. The van der Waals surface area contributed by atoms with Crippen LogP contribution in [0.15, 0.2) is 46.6 Å². The number of aromatic amines is 1. The normalized spacial score (nSPS) is 11.1. The second kappa shape index (κ2) is 6.97. The summed E-state index contributed by atoms with van der Waals surface area (Å²) in [4.78, 5) is 34.9. The van der Waals surface area contributed by atoms with E-state index in [1.54, 1.807) is 22.3 Å². The predicted octanol–water partition coefficient (Wildman–Crippen LogP) is 3.17. The van der Waals surface area contributed by atoms with Gasteiger partial charge in [-0.25, -0.2) is 4.98 Å². The summed E-state index contributed by atoms with van der Waals surface area (Å²) >= 11 is 1.61. The van der Waals surface area contributed by atoms with Gasteiger partial charge in [-0.2, -0.15) is 0 Å². The molecule has 0 saturated carbocycles. The molecule has 24 heavy (non-hydrogen) atoms. The Morgan fingerprint density at radius 3 is 2.71 bits per heavy atom. The van der Waals surface area contributed by atoms with Gasteiger partial charge in [-0.3, -0.25) is 9.59 Å². The Morgan fingerprint density at radius 1 is 1.21 bits per heavy atom. The van der Waals surface area contributed by atoms with Gasteiger partial charge in [0.15, 0.2) is 0 Å². The van der Waals surface area contributed by atoms with Crippen molar-refractivity contribution in [2.45, 2.75) is 26.9 Å². The highest BCUT2D eigenvalue weighted by atomic mass is 32.1. The van der Waals surface area contributed by atoms with E-state index >= 15 is 0 Å². The zero-order valence-electron chi connectivity index (χ0n) is 13.7. The van der Waals surface area contributed by atoms with Gasteiger partial charge in [-0.05, 0) is 23.6 Å². The third-order valence-corrected chi connectivity index (χ3v) is 4.60. The SMILES string of the molecule is CC(C)C(=O)N(Cc1nc2ccccc2c(=O)[nH]1)Cc1cccs1. The van der Waals surface area contributed by atoms with Crippen LogP contribution in [0.3, 0.4) is 0 Å². The molecule has 0 aliphatic heterocycles. The molecule has 0 radical (unpaired) electrons. The van der Waals surface area contributed by atoms with Crippen molar-refractivity contribution in [1.82, 2.24) is 14.9 Å². The van der Waals surface area contributed by atoms with Crippen LogP contribution in [0.25, 0.3) is 10.9 Å². The number of benzene rings is 1. The number of carbonyl (C=O) groups excluding carboxylic acids is 1. The van der Waals surface area contributed by atoms with Gasteiger partial charge in [0.2, 0.25) is 5.91 Å². The molecule has 1 amide bonds. The maximum atomic E-state index is 12.5. The van der Waals surface area contributed by atoms with Crippen LogP contribution in [-0.2, 0) is 17.9 Å². The molecule has 2 aromatic heterocycles. The number of fused-ring (bicyclic) bond motifs is 1. The summed E-state index contributed by atoms with van der Waals surface area (Å²) < 4.78 is 0. The van der Waals surface area contributed by atoms with Gasteiger partial charge >= 0.3 is 0 Å². The maximum Gasteiger partial charge on any atom is 0.258 e. The van der Waals surface area contributed by atoms with Crippen molar-refractivity contribution in [3.8, 4) is 0 Å². The Balaban J connectivity index is 1.92. The Bertz CT molecular complexity index is 900. The summed E-state index contributed by atoms with van der Waals surface area (Å²) in [5.74, 6) is 0.431. The minimum atomic E-state index is -0.177. The fourth-order valence-corrected chi connectivity index (χ4v) is 3.28. The number of amides is 1. The zero-order chi connectivity index (χ0) is 17.1. The summed E-state index contributed by atoms with van der Waals surface area (Å²) in [6.07, 6.45) is 0. The number of nitrogens with one attached hydrogen (secondary N) is 1. The first-order chi connectivity index (χ1) is 11.5. The molecule has 0 atom stereocenters. The third kappa shape index (κ3) is 3.54. The van der Waals surface area contributed by atoms with Crippen LogP contribution >= 0.6 is 11.3 Å². The number of H-pyrrole nitrogens is 1. The van der Waals surface area contributed by atoms with Crippen LogP contribution in [0.5, 0.6) is 0 Å². The first kappa shape index (κ1) is 16.4. The van der Waals surface area contributed by atoms with Gasteiger partial charge in [-0.15, -0.1) is 11.3 Å². The summed E-state index contributed by atoms with van der Waals surface area (Å²) in [6.45, 7) is 4.56. The molecule has 5 nitrogen and oxygen atoms in total. The molecule has 3 aromatic rings. The fourth-order valence-electron chi connectivity index (χ4n) is 2.56. The van der Waals surface area contributed by atoms with Crippen molar-refractivity contribution in [3.63, 3.8) is 0 Å². The van der Waals surface area contributed by atoms with Gasteiger partial charge < -0.3 is 9.88 Å². The summed E-state index contributed by atoms with van der Waals surface area (Å²) in [5, 5.41) is 2.55. The lowest BCUT2D eigenvalue weighted by Crippen LogP contribution is -2.34. The van der Waals surface area contributed by atoms with Gasteiger partial charge in [0.1, 0.15) is 5.82 Å². The van der Waals surface area contributed by atoms with Gasteiger partial charge in [0.25, 0.3) is 5.56 Å². The second-order valence-electron chi connectivity index (χ2n) is 5.96. The summed E-state index contributed by atoms with van der Waals surface area (Å²) in [5.41, 5.74) is 0.466. The Morgan fingerprint density at radius 2 is 2.00 bits per heavy atom. The number of para-hydroxylation sites is 1. The van der Waals surface area contributed by atoms with E-state index in [2.05, 4.69) is 9.97 Å². The lowest BCUT2D eigenvalue weighted by Gasteiger charge is -2.23. The molecular weight excluding hydrogens is 322 g/mol. The van der Waals surface area contributed by atoms with Crippen molar-refractivity contribution in [3.05, 3.63) is 62.8 Å². The topological polar surface area (TPSA) is 66.1 Å². The van der Waals surface area contributed by atoms with Crippen molar-refractivity contribution < 1.29 is 4.79 Å². The molecule has 0 saturated heterocycles. The van der Waals surface area contributed by atoms with Gasteiger partial charge in [-0.1, -0.05) is 32.0 Å². The molecule has 0 bridgehead atoms. The van der Waals surface area contributed by atoms with E-state index in [9.17, 15) is 9.59 Å². The molecule has 3 rings (SSSR count). The van der Waals surface area contributed by atoms with Crippen molar-refractivity contribution >= 4 is 28.1 Å². The van der Waals surface area contributed by atoms with Crippen LogP contribution in [0.2, 0.25) is 0 Å². The average Bonchev–Trinajstić information content (AvgIpc) is 3.06. The summed E-state index contributed by atoms with van der Waals surface area (Å²) in [7, 11) is 0. The van der Waals surface area contributed by atoms with E-state index < -0.39 is 0 Å². The van der Waals surface area contributed by atoms with Crippen molar-refractivity contribution in [2.75, 3.05) is 0 Å². The quantitative estimate of drug-likeness (QED) is 0.775. The Hall–Kier alpha value is -2.47. The number of carbonyl (C=O) groups is 1. The van der Waals surface area contributed by atoms with Crippen LogP contribution < -0.4 is 5.56 Å². The van der Waals surface area contributed by atoms with Gasteiger partial charge in [0.05, 0.1) is 24.0 Å². The molecule has 6 heteroatoms. The van der Waals surface area contributed by atoms with Crippen LogP contribution in [0.4, 0.5) is 0 Å². The second-order valence-corrected chi connectivity index (χ2v) is 6.99. The molecule has 0 fully saturated rings. The monoisotopic (exact) mass is 341 g/mol. The lowest BCUT2D eigenvalue weighted by molar-refractivity contribution is -0.135. The van der Waals surface area contributed by atoms with Crippen LogP contribution in [0.1, 0.15) is 24.5 Å². The molecule has 1 aromatic carbocycles. The third-order valence-electron chi connectivity index (χ3n) is 3.73. The number of rotatable bonds is 5. The number of hydrogen-bond donors (Lipinski definition) is 1. The Labute approximate surface area is 144 Å². The van der Waals surface area contributed by atoms with E-state index in [-0.39, 0.29) is 23.9 Å². The molecule has 0 aliphatic rings. The predicted molar refractivity (Wildman–Crippen MR) is 95.8 cm³/mol. The molecule has 0 unspecified atom stereocenters. The number of nitrogens with zero attached hydrogens (tertiary/aromatic N) is 2. The molecule has 1 N–H and O–H groups in total. The maximum absolute atomic E-state index is 12.5. The van der Waals surface area contributed by atoms with Crippen LogP contribution in [0, 0.1) is 5.92 Å². The van der Waals surface area contributed by atoms with E-state index in [0.29, 0.717) is 23.3 Å². The van der Waals surface area contributed by atoms with Crippen molar-refractivity contribution in [2.24, 2.45) is 5.92 Å². The number of aromatic nitrogens is 2. The highest BCUT2D eigenvalue weighted by Gasteiger charge is 2.19. The fraction of sp³-hybridized carbons (Fsp3) is 0.278. The molecule has 2 heterocycles. The van der Waals surface area contributed by atoms with E-state index in [4.69, 9.17) is 0 Å². The number of thiophene rings is 1. The Kier molecular flexibility index (Phi) is 4.76. The van der Waals surface area contributed by atoms with E-state index in [1.807, 2.05) is 49.6 Å². The van der Waals surface area contributed by atoms with E-state index in [1.165, 1.54) is 0 Å². The first-order valence-electron chi connectivity index (χ1n) is 7.83. The van der Waals surface area contributed by atoms with E-state index in [0.717, 1.165) is 4.88 Å². The highest BCUT2D eigenvalue weighted by molar-refractivity contribution is 7.09. The van der Waals surface area contributed by atoms with Gasteiger partial charge in [0, 0.05) is 10.8 Å². The van der Waals surface area contributed by atoms with Crippen LogP contribution in [-0.4, -0.2) is 20.8 Å². The standard InChI is InChI=1S/C18H19N3O2S/c1-12(2)18(23)21(10-13-6-5-9-24-13)11-16-19-15-8-4-3-7-14(15)17(22)20-16/h3-9,12H,10-11H2,1-2H3,(H,19,20,22). The highest BCUT2D eigenvalue weighted by Crippen LogP contribution is 2.16. The molecule has 0 aliphatic carbocycles. The first-order valence-corrected chi connectivity index (χ1v) is 8.71. The summed E-state index contributed by atoms with van der Waals surface area (Å²) in [6, 6.07) is 11.2. The molecule has 0 spiro atoms. The molecular formula is C18H19N3O2S.